The van der Waals surface area contributed by atoms with E-state index in [0.717, 1.165) is 11.2 Å². The number of aromatic nitrogens is 1. The lowest BCUT2D eigenvalue weighted by molar-refractivity contribution is -0.117. The summed E-state index contributed by atoms with van der Waals surface area (Å²) in [5, 5.41) is 0. The Morgan fingerprint density at radius 2 is 2.41 bits per heavy atom. The lowest BCUT2D eigenvalue weighted by atomic mass is 10.1. The molecule has 0 saturated carbocycles. The number of fused-ring (bicyclic) bond motifs is 1. The summed E-state index contributed by atoms with van der Waals surface area (Å²) in [6.07, 6.45) is 1.91. The van der Waals surface area contributed by atoms with Crippen molar-refractivity contribution < 1.29 is 9.21 Å². The number of oxazole rings is 1. The average molecular weight is 251 g/mol. The maximum absolute atomic E-state index is 11.9. The molecular weight excluding hydrogens is 240 g/mol. The Hall–Kier alpha value is -1.55. The predicted octanol–water partition coefficient (Wildman–Crippen LogP) is 2.42. The minimum absolute atomic E-state index is 0.103. The van der Waals surface area contributed by atoms with Gasteiger partial charge in [-0.2, -0.15) is 0 Å². The highest BCUT2D eigenvalue weighted by Crippen LogP contribution is 2.31. The van der Waals surface area contributed by atoms with Gasteiger partial charge in [0.2, 0.25) is 5.91 Å². The van der Waals surface area contributed by atoms with Crippen molar-refractivity contribution in [1.29, 1.82) is 0 Å². The van der Waals surface area contributed by atoms with E-state index in [9.17, 15) is 4.79 Å². The van der Waals surface area contributed by atoms with Gasteiger partial charge in [0.25, 0.3) is 0 Å². The minimum atomic E-state index is 0.103. The molecular formula is C12H11ClN2O2. The Labute approximate surface area is 103 Å². The number of para-hydroxylation sites is 1. The SMILES string of the molecule is O=C1CC(CCl)CN1c1cccc2ocnc12. The standard InChI is InChI=1S/C12H11ClN2O2/c13-5-8-4-11(16)15(6-8)9-2-1-3-10-12(9)14-7-17-10/h1-3,7-8H,4-6H2. The Balaban J connectivity index is 2.04. The second-order valence-electron chi connectivity index (χ2n) is 4.21. The molecule has 0 radical (unpaired) electrons. The molecule has 1 amide bonds. The van der Waals surface area contributed by atoms with E-state index in [1.165, 1.54) is 6.39 Å². The van der Waals surface area contributed by atoms with Crippen molar-refractivity contribution in [1.82, 2.24) is 4.98 Å². The number of anilines is 1. The normalized spacial score (nSPS) is 20.4. The molecule has 1 aromatic carbocycles. The summed E-state index contributed by atoms with van der Waals surface area (Å²) in [5.41, 5.74) is 2.24. The second-order valence-corrected chi connectivity index (χ2v) is 4.51. The maximum atomic E-state index is 11.9. The third-order valence-corrected chi connectivity index (χ3v) is 3.49. The lowest BCUT2D eigenvalue weighted by Gasteiger charge is -2.16. The summed E-state index contributed by atoms with van der Waals surface area (Å²) in [6, 6.07) is 5.59. The fourth-order valence-corrected chi connectivity index (χ4v) is 2.41. The third-order valence-electron chi connectivity index (χ3n) is 3.05. The first kappa shape index (κ1) is 10.6. The van der Waals surface area contributed by atoms with Gasteiger partial charge in [0.05, 0.1) is 5.69 Å². The molecule has 4 nitrogen and oxygen atoms in total. The molecule has 2 aromatic rings. The molecule has 5 heteroatoms. The smallest absolute Gasteiger partial charge is 0.227 e. The second kappa shape index (κ2) is 4.04. The van der Waals surface area contributed by atoms with Crippen LogP contribution in [0.3, 0.4) is 0 Å². The zero-order valence-electron chi connectivity index (χ0n) is 9.10. The van der Waals surface area contributed by atoms with Crippen LogP contribution >= 0.6 is 11.6 Å². The van der Waals surface area contributed by atoms with E-state index in [2.05, 4.69) is 4.98 Å². The number of rotatable bonds is 2. The van der Waals surface area contributed by atoms with Crippen molar-refractivity contribution >= 4 is 34.3 Å². The quantitative estimate of drug-likeness (QED) is 0.769. The highest BCUT2D eigenvalue weighted by Gasteiger charge is 2.31. The van der Waals surface area contributed by atoms with E-state index in [1.807, 2.05) is 18.2 Å². The zero-order chi connectivity index (χ0) is 11.8. The molecule has 3 rings (SSSR count). The van der Waals surface area contributed by atoms with Gasteiger partial charge in [0.1, 0.15) is 5.52 Å². The van der Waals surface area contributed by atoms with Crippen LogP contribution in [0.4, 0.5) is 5.69 Å². The molecule has 0 spiro atoms. The summed E-state index contributed by atoms with van der Waals surface area (Å²) in [4.78, 5) is 17.8. The van der Waals surface area contributed by atoms with Crippen molar-refractivity contribution in [2.45, 2.75) is 6.42 Å². The molecule has 1 unspecified atom stereocenters. The molecule has 88 valence electrons. The van der Waals surface area contributed by atoms with Gasteiger partial charge in [-0.05, 0) is 18.1 Å². The molecule has 0 aliphatic carbocycles. The molecule has 0 bridgehead atoms. The first-order valence-corrected chi connectivity index (χ1v) is 6.01. The van der Waals surface area contributed by atoms with E-state index in [0.29, 0.717) is 24.4 Å². The molecule has 1 aliphatic heterocycles. The van der Waals surface area contributed by atoms with Crippen LogP contribution in [0.2, 0.25) is 0 Å². The number of amides is 1. The van der Waals surface area contributed by atoms with Crippen LogP contribution in [0.5, 0.6) is 0 Å². The van der Waals surface area contributed by atoms with Gasteiger partial charge in [0, 0.05) is 18.8 Å². The van der Waals surface area contributed by atoms with Crippen molar-refractivity contribution in [2.24, 2.45) is 5.92 Å². The number of hydrogen-bond acceptors (Lipinski definition) is 3. The van der Waals surface area contributed by atoms with Crippen LogP contribution in [0.25, 0.3) is 11.1 Å². The molecule has 2 heterocycles. The summed E-state index contributed by atoms with van der Waals surface area (Å²) in [7, 11) is 0. The molecule has 0 N–H and O–H groups in total. The Morgan fingerprint density at radius 3 is 3.18 bits per heavy atom. The van der Waals surface area contributed by atoms with Gasteiger partial charge in [-0.1, -0.05) is 6.07 Å². The van der Waals surface area contributed by atoms with Gasteiger partial charge < -0.3 is 9.32 Å². The van der Waals surface area contributed by atoms with Crippen LogP contribution in [-0.2, 0) is 4.79 Å². The fourth-order valence-electron chi connectivity index (χ4n) is 2.21. The first-order chi connectivity index (χ1) is 8.29. The first-order valence-electron chi connectivity index (χ1n) is 5.48. The van der Waals surface area contributed by atoms with E-state index in [-0.39, 0.29) is 11.8 Å². The van der Waals surface area contributed by atoms with E-state index < -0.39 is 0 Å². The minimum Gasteiger partial charge on any atom is -0.443 e. The third kappa shape index (κ3) is 1.69. The topological polar surface area (TPSA) is 46.3 Å². The predicted molar refractivity (Wildman–Crippen MR) is 65.2 cm³/mol. The Kier molecular flexibility index (Phi) is 2.52. The van der Waals surface area contributed by atoms with Gasteiger partial charge in [-0.15, -0.1) is 11.6 Å². The van der Waals surface area contributed by atoms with Crippen molar-refractivity contribution in [2.75, 3.05) is 17.3 Å². The number of carbonyl (C=O) groups is 1. The Bertz CT molecular complexity index is 566. The van der Waals surface area contributed by atoms with Gasteiger partial charge in [-0.3, -0.25) is 4.79 Å². The number of hydrogen-bond donors (Lipinski definition) is 0. The molecule has 1 atom stereocenters. The molecule has 1 fully saturated rings. The summed E-state index contributed by atoms with van der Waals surface area (Å²) in [6.45, 7) is 0.661. The number of alkyl halides is 1. The average Bonchev–Trinajstić information content (AvgIpc) is 2.94. The largest absolute Gasteiger partial charge is 0.443 e. The lowest BCUT2D eigenvalue weighted by Crippen LogP contribution is -2.24. The van der Waals surface area contributed by atoms with E-state index >= 15 is 0 Å². The summed E-state index contributed by atoms with van der Waals surface area (Å²) in [5.74, 6) is 0.842. The number of benzene rings is 1. The highest BCUT2D eigenvalue weighted by molar-refractivity contribution is 6.18. The van der Waals surface area contributed by atoms with Gasteiger partial charge in [-0.25, -0.2) is 4.98 Å². The zero-order valence-corrected chi connectivity index (χ0v) is 9.85. The van der Waals surface area contributed by atoms with Gasteiger partial charge >= 0.3 is 0 Å². The summed E-state index contributed by atoms with van der Waals surface area (Å²) >= 11 is 5.81. The monoisotopic (exact) mass is 250 g/mol. The van der Waals surface area contributed by atoms with Gasteiger partial charge in [0.15, 0.2) is 12.0 Å². The van der Waals surface area contributed by atoms with E-state index in [1.54, 1.807) is 4.90 Å². The number of halogens is 1. The highest BCUT2D eigenvalue weighted by atomic mass is 35.5. The summed E-state index contributed by atoms with van der Waals surface area (Å²) < 4.78 is 5.23. The van der Waals surface area contributed by atoms with Crippen molar-refractivity contribution in [3.8, 4) is 0 Å². The molecule has 1 saturated heterocycles. The maximum Gasteiger partial charge on any atom is 0.227 e. The van der Waals surface area contributed by atoms with Crippen LogP contribution in [0.15, 0.2) is 29.0 Å². The molecule has 17 heavy (non-hydrogen) atoms. The van der Waals surface area contributed by atoms with Crippen LogP contribution in [0, 0.1) is 5.92 Å². The van der Waals surface area contributed by atoms with Crippen molar-refractivity contribution in [3.63, 3.8) is 0 Å². The van der Waals surface area contributed by atoms with E-state index in [4.69, 9.17) is 16.0 Å². The van der Waals surface area contributed by atoms with Crippen molar-refractivity contribution in [3.05, 3.63) is 24.6 Å². The fraction of sp³-hybridized carbons (Fsp3) is 0.333. The molecule has 1 aromatic heterocycles. The number of carbonyl (C=O) groups excluding carboxylic acids is 1. The van der Waals surface area contributed by atoms with Crippen LogP contribution < -0.4 is 4.90 Å². The van der Waals surface area contributed by atoms with Crippen LogP contribution in [0.1, 0.15) is 6.42 Å². The number of nitrogens with zero attached hydrogens (tertiary/aromatic N) is 2. The Morgan fingerprint density at radius 1 is 1.53 bits per heavy atom. The molecule has 1 aliphatic rings. The van der Waals surface area contributed by atoms with Crippen LogP contribution in [-0.4, -0.2) is 23.3 Å².